The van der Waals surface area contributed by atoms with Crippen LogP contribution in [0.15, 0.2) is 36.7 Å². The second-order valence-corrected chi connectivity index (χ2v) is 4.98. The average molecular weight is 330 g/mol. The van der Waals surface area contributed by atoms with Gasteiger partial charge in [0.15, 0.2) is 0 Å². The summed E-state index contributed by atoms with van der Waals surface area (Å²) in [4.78, 5) is 20.4. The van der Waals surface area contributed by atoms with E-state index in [0.29, 0.717) is 37.0 Å². The zero-order valence-corrected chi connectivity index (χ0v) is 13.9. The number of hydrogen-bond donors (Lipinski definition) is 2. The SMILES string of the molecule is CCOc1ccc(NC(=O)c2cnc(NCCCOC)nc2)cc1. The molecule has 2 aromatic rings. The molecule has 1 heterocycles. The van der Waals surface area contributed by atoms with Crippen LogP contribution in [0, 0.1) is 0 Å². The van der Waals surface area contributed by atoms with Crippen LogP contribution in [0.1, 0.15) is 23.7 Å². The molecule has 0 saturated heterocycles. The van der Waals surface area contributed by atoms with Crippen LogP contribution in [-0.4, -0.2) is 42.7 Å². The number of benzene rings is 1. The number of aromatic nitrogens is 2. The molecule has 7 nitrogen and oxygen atoms in total. The molecule has 2 rings (SSSR count). The number of nitrogens with zero attached hydrogens (tertiary/aromatic N) is 2. The molecule has 0 aliphatic heterocycles. The van der Waals surface area contributed by atoms with Gasteiger partial charge in [0.25, 0.3) is 5.91 Å². The van der Waals surface area contributed by atoms with Gasteiger partial charge in [-0.15, -0.1) is 0 Å². The molecule has 0 aliphatic rings. The molecule has 128 valence electrons. The first-order valence-corrected chi connectivity index (χ1v) is 7.82. The van der Waals surface area contributed by atoms with Crippen LogP contribution in [0.5, 0.6) is 5.75 Å². The maximum Gasteiger partial charge on any atom is 0.258 e. The fraction of sp³-hybridized carbons (Fsp3) is 0.353. The third-order valence-corrected chi connectivity index (χ3v) is 3.15. The Morgan fingerprint density at radius 2 is 1.88 bits per heavy atom. The Balaban J connectivity index is 1.87. The summed E-state index contributed by atoms with van der Waals surface area (Å²) in [5.41, 5.74) is 1.08. The fourth-order valence-corrected chi connectivity index (χ4v) is 1.96. The zero-order chi connectivity index (χ0) is 17.2. The minimum atomic E-state index is -0.259. The number of ether oxygens (including phenoxy) is 2. The highest BCUT2D eigenvalue weighted by Crippen LogP contribution is 2.16. The molecule has 0 fully saturated rings. The van der Waals surface area contributed by atoms with Crippen molar-refractivity contribution in [3.63, 3.8) is 0 Å². The molecule has 0 spiro atoms. The lowest BCUT2D eigenvalue weighted by atomic mass is 10.2. The van der Waals surface area contributed by atoms with Crippen molar-refractivity contribution < 1.29 is 14.3 Å². The molecule has 2 N–H and O–H groups in total. The lowest BCUT2D eigenvalue weighted by Gasteiger charge is -2.08. The minimum Gasteiger partial charge on any atom is -0.494 e. The van der Waals surface area contributed by atoms with Gasteiger partial charge in [-0.05, 0) is 37.6 Å². The third kappa shape index (κ3) is 5.51. The first-order chi connectivity index (χ1) is 11.7. The van der Waals surface area contributed by atoms with Crippen LogP contribution in [0.3, 0.4) is 0 Å². The predicted octanol–water partition coefficient (Wildman–Crippen LogP) is 2.58. The van der Waals surface area contributed by atoms with Gasteiger partial charge in [-0.25, -0.2) is 9.97 Å². The van der Waals surface area contributed by atoms with Gasteiger partial charge in [0.1, 0.15) is 5.75 Å². The van der Waals surface area contributed by atoms with E-state index in [1.165, 1.54) is 12.4 Å². The summed E-state index contributed by atoms with van der Waals surface area (Å²) in [5, 5.41) is 5.86. The van der Waals surface area contributed by atoms with Crippen LogP contribution >= 0.6 is 0 Å². The Kier molecular flexibility index (Phi) is 6.97. The highest BCUT2D eigenvalue weighted by Gasteiger charge is 2.08. The quantitative estimate of drug-likeness (QED) is 0.687. The van der Waals surface area contributed by atoms with E-state index in [1.54, 1.807) is 19.2 Å². The van der Waals surface area contributed by atoms with Crippen molar-refractivity contribution >= 4 is 17.5 Å². The summed E-state index contributed by atoms with van der Waals surface area (Å²) in [7, 11) is 1.66. The van der Waals surface area contributed by atoms with Crippen molar-refractivity contribution in [3.05, 3.63) is 42.2 Å². The number of carbonyl (C=O) groups excluding carboxylic acids is 1. The average Bonchev–Trinajstić information content (AvgIpc) is 2.61. The molecule has 0 bridgehead atoms. The second kappa shape index (κ2) is 9.46. The summed E-state index contributed by atoms with van der Waals surface area (Å²) < 4.78 is 10.3. The minimum absolute atomic E-state index is 0.259. The molecule has 24 heavy (non-hydrogen) atoms. The molecule has 1 aromatic carbocycles. The van der Waals surface area contributed by atoms with E-state index in [0.717, 1.165) is 12.2 Å². The van der Waals surface area contributed by atoms with Gasteiger partial charge in [-0.2, -0.15) is 0 Å². The van der Waals surface area contributed by atoms with Gasteiger partial charge in [-0.1, -0.05) is 0 Å². The normalized spacial score (nSPS) is 10.2. The van der Waals surface area contributed by atoms with Gasteiger partial charge in [0.2, 0.25) is 5.95 Å². The van der Waals surface area contributed by atoms with Gasteiger partial charge >= 0.3 is 0 Å². The predicted molar refractivity (Wildman–Crippen MR) is 92.6 cm³/mol. The van der Waals surface area contributed by atoms with E-state index in [9.17, 15) is 4.79 Å². The van der Waals surface area contributed by atoms with Crippen LogP contribution in [-0.2, 0) is 4.74 Å². The maximum absolute atomic E-state index is 12.2. The lowest BCUT2D eigenvalue weighted by molar-refractivity contribution is 0.102. The summed E-state index contributed by atoms with van der Waals surface area (Å²) in [6, 6.07) is 7.19. The molecule has 7 heteroatoms. The number of methoxy groups -OCH3 is 1. The number of hydrogen-bond acceptors (Lipinski definition) is 6. The molecule has 0 atom stereocenters. The van der Waals surface area contributed by atoms with Crippen molar-refractivity contribution in [2.45, 2.75) is 13.3 Å². The summed E-state index contributed by atoms with van der Waals surface area (Å²) in [6.45, 7) is 3.92. The molecular formula is C17H22N4O3. The van der Waals surface area contributed by atoms with Crippen molar-refractivity contribution in [3.8, 4) is 5.75 Å². The van der Waals surface area contributed by atoms with Crippen molar-refractivity contribution in [1.29, 1.82) is 0 Å². The first kappa shape index (κ1) is 17.7. The first-order valence-electron chi connectivity index (χ1n) is 7.82. The van der Waals surface area contributed by atoms with Gasteiger partial charge in [0.05, 0.1) is 12.2 Å². The Hall–Kier alpha value is -2.67. The van der Waals surface area contributed by atoms with Crippen molar-refractivity contribution in [2.24, 2.45) is 0 Å². The third-order valence-electron chi connectivity index (χ3n) is 3.15. The highest BCUT2D eigenvalue weighted by atomic mass is 16.5. The van der Waals surface area contributed by atoms with Crippen LogP contribution in [0.2, 0.25) is 0 Å². The smallest absolute Gasteiger partial charge is 0.258 e. The molecular weight excluding hydrogens is 308 g/mol. The topological polar surface area (TPSA) is 85.4 Å². The van der Waals surface area contributed by atoms with Crippen LogP contribution in [0.25, 0.3) is 0 Å². The van der Waals surface area contributed by atoms with Crippen molar-refractivity contribution in [1.82, 2.24) is 9.97 Å². The Morgan fingerprint density at radius 1 is 1.17 bits per heavy atom. The van der Waals surface area contributed by atoms with Gasteiger partial charge in [-0.3, -0.25) is 4.79 Å². The van der Waals surface area contributed by atoms with Crippen molar-refractivity contribution in [2.75, 3.05) is 37.5 Å². The van der Waals surface area contributed by atoms with Crippen LogP contribution < -0.4 is 15.4 Å². The molecule has 0 aliphatic carbocycles. The van der Waals surface area contributed by atoms with E-state index >= 15 is 0 Å². The fourth-order valence-electron chi connectivity index (χ4n) is 1.96. The van der Waals surface area contributed by atoms with E-state index in [-0.39, 0.29) is 5.91 Å². The van der Waals surface area contributed by atoms with E-state index in [2.05, 4.69) is 20.6 Å². The zero-order valence-electron chi connectivity index (χ0n) is 13.9. The molecule has 0 saturated carbocycles. The molecule has 0 radical (unpaired) electrons. The van der Waals surface area contributed by atoms with Gasteiger partial charge in [0, 0.05) is 38.3 Å². The molecule has 0 unspecified atom stereocenters. The number of rotatable bonds is 9. The number of amides is 1. The maximum atomic E-state index is 12.2. The Labute approximate surface area is 141 Å². The second-order valence-electron chi connectivity index (χ2n) is 4.98. The van der Waals surface area contributed by atoms with E-state index in [1.807, 2.05) is 19.1 Å². The monoisotopic (exact) mass is 330 g/mol. The largest absolute Gasteiger partial charge is 0.494 e. The number of anilines is 2. The van der Waals surface area contributed by atoms with E-state index in [4.69, 9.17) is 9.47 Å². The Bertz CT molecular complexity index is 629. The summed E-state index contributed by atoms with van der Waals surface area (Å²) in [5.74, 6) is 0.997. The molecule has 1 aromatic heterocycles. The Morgan fingerprint density at radius 3 is 2.50 bits per heavy atom. The van der Waals surface area contributed by atoms with E-state index < -0.39 is 0 Å². The standard InChI is InChI=1S/C17H22N4O3/c1-3-24-15-7-5-14(6-8-15)21-16(22)13-11-19-17(20-12-13)18-9-4-10-23-2/h5-8,11-12H,3-4,9-10H2,1-2H3,(H,21,22)(H,18,19,20). The summed E-state index contributed by atoms with van der Waals surface area (Å²) >= 11 is 0. The van der Waals surface area contributed by atoms with Crippen LogP contribution in [0.4, 0.5) is 11.6 Å². The summed E-state index contributed by atoms with van der Waals surface area (Å²) in [6.07, 6.45) is 3.85. The number of carbonyl (C=O) groups is 1. The lowest BCUT2D eigenvalue weighted by Crippen LogP contribution is -2.14. The highest BCUT2D eigenvalue weighted by molar-refractivity contribution is 6.03. The number of nitrogens with one attached hydrogen (secondary N) is 2. The molecule has 1 amide bonds. The van der Waals surface area contributed by atoms with Gasteiger partial charge < -0.3 is 20.1 Å².